The molecule has 0 aliphatic carbocycles. The van der Waals surface area contributed by atoms with Crippen molar-refractivity contribution in [3.05, 3.63) is 0 Å². The number of nitrogens with one attached hydrogen (secondary N) is 1. The van der Waals surface area contributed by atoms with Gasteiger partial charge < -0.3 is 10.8 Å². The highest BCUT2D eigenvalue weighted by Crippen LogP contribution is 2.16. The van der Waals surface area contributed by atoms with Gasteiger partial charge in [-0.2, -0.15) is 0 Å². The molecule has 0 saturated heterocycles. The summed E-state index contributed by atoms with van der Waals surface area (Å²) < 4.78 is 0. The van der Waals surface area contributed by atoms with Gasteiger partial charge in [0.2, 0.25) is 5.91 Å². The van der Waals surface area contributed by atoms with E-state index < -0.39 is 23.5 Å². The lowest BCUT2D eigenvalue weighted by atomic mass is 9.93. The molecule has 4 N–H and O–H groups in total. The van der Waals surface area contributed by atoms with Crippen molar-refractivity contribution in [2.24, 2.45) is 5.73 Å². The smallest absolute Gasteiger partial charge is 0.323 e. The number of nitrogens with two attached hydrogens (primary N) is 1. The second kappa shape index (κ2) is 7.27. The lowest BCUT2D eigenvalue weighted by Crippen LogP contribution is -2.56. The van der Waals surface area contributed by atoms with Crippen LogP contribution in [0.15, 0.2) is 0 Å². The SMILES string of the molecule is CCCCCCC(C)(NC(C)C(N)=O)C(=O)O. The first-order valence-corrected chi connectivity index (χ1v) is 6.14. The summed E-state index contributed by atoms with van der Waals surface area (Å²) in [5.74, 6) is -1.48. The van der Waals surface area contributed by atoms with Gasteiger partial charge in [-0.05, 0) is 20.3 Å². The number of amides is 1. The van der Waals surface area contributed by atoms with Gasteiger partial charge in [-0.25, -0.2) is 0 Å². The molecule has 100 valence electrons. The van der Waals surface area contributed by atoms with Crippen molar-refractivity contribution in [1.29, 1.82) is 0 Å². The van der Waals surface area contributed by atoms with Crippen LogP contribution >= 0.6 is 0 Å². The summed E-state index contributed by atoms with van der Waals surface area (Å²) in [7, 11) is 0. The third kappa shape index (κ3) is 5.68. The molecule has 0 aromatic rings. The van der Waals surface area contributed by atoms with Crippen molar-refractivity contribution in [3.63, 3.8) is 0 Å². The molecule has 0 aromatic carbocycles. The van der Waals surface area contributed by atoms with Crippen LogP contribution in [0.5, 0.6) is 0 Å². The van der Waals surface area contributed by atoms with Gasteiger partial charge in [0, 0.05) is 0 Å². The molecule has 0 aliphatic rings. The van der Waals surface area contributed by atoms with Gasteiger partial charge in [0.05, 0.1) is 6.04 Å². The molecular weight excluding hydrogens is 220 g/mol. The van der Waals surface area contributed by atoms with E-state index in [1.54, 1.807) is 13.8 Å². The van der Waals surface area contributed by atoms with Crippen molar-refractivity contribution in [2.45, 2.75) is 64.5 Å². The number of hydrogen-bond donors (Lipinski definition) is 3. The van der Waals surface area contributed by atoms with Gasteiger partial charge in [0.25, 0.3) is 0 Å². The summed E-state index contributed by atoms with van der Waals surface area (Å²) >= 11 is 0. The van der Waals surface area contributed by atoms with Crippen LogP contribution in [0.25, 0.3) is 0 Å². The summed E-state index contributed by atoms with van der Waals surface area (Å²) in [6.07, 6.45) is 4.54. The van der Waals surface area contributed by atoms with Crippen LogP contribution in [0.4, 0.5) is 0 Å². The lowest BCUT2D eigenvalue weighted by Gasteiger charge is -2.28. The predicted molar refractivity (Wildman–Crippen MR) is 66.6 cm³/mol. The Morgan fingerprint density at radius 1 is 1.35 bits per heavy atom. The highest BCUT2D eigenvalue weighted by Gasteiger charge is 2.34. The highest BCUT2D eigenvalue weighted by atomic mass is 16.4. The minimum Gasteiger partial charge on any atom is -0.480 e. The number of rotatable bonds is 9. The van der Waals surface area contributed by atoms with E-state index in [-0.39, 0.29) is 0 Å². The van der Waals surface area contributed by atoms with Crippen LogP contribution in [0, 0.1) is 0 Å². The summed E-state index contributed by atoms with van der Waals surface area (Å²) in [5, 5.41) is 12.0. The van der Waals surface area contributed by atoms with Crippen molar-refractivity contribution >= 4 is 11.9 Å². The third-order valence-electron chi connectivity index (χ3n) is 2.96. The van der Waals surface area contributed by atoms with Gasteiger partial charge in [0.15, 0.2) is 0 Å². The Balaban J connectivity index is 4.36. The average molecular weight is 244 g/mol. The standard InChI is InChI=1S/C12H24N2O3/c1-4-5-6-7-8-12(3,11(16)17)14-9(2)10(13)15/h9,14H,4-8H2,1-3H3,(H2,13,15)(H,16,17). The molecule has 5 nitrogen and oxygen atoms in total. The quantitative estimate of drug-likeness (QED) is 0.532. The average Bonchev–Trinajstić information content (AvgIpc) is 2.24. The second-order valence-electron chi connectivity index (χ2n) is 4.72. The second-order valence-corrected chi connectivity index (χ2v) is 4.72. The van der Waals surface area contributed by atoms with Crippen LogP contribution in [0.1, 0.15) is 52.9 Å². The number of primary amides is 1. The molecule has 0 rings (SSSR count). The number of aliphatic carboxylic acids is 1. The third-order valence-corrected chi connectivity index (χ3v) is 2.96. The molecule has 5 heteroatoms. The number of hydrogen-bond acceptors (Lipinski definition) is 3. The number of unbranched alkanes of at least 4 members (excludes halogenated alkanes) is 3. The lowest BCUT2D eigenvalue weighted by molar-refractivity contribution is -0.145. The maximum absolute atomic E-state index is 11.2. The van der Waals surface area contributed by atoms with Crippen molar-refractivity contribution in [2.75, 3.05) is 0 Å². The number of carboxylic acid groups (broad SMARTS) is 1. The first kappa shape index (κ1) is 15.9. The van der Waals surface area contributed by atoms with Gasteiger partial charge >= 0.3 is 5.97 Å². The molecule has 0 fully saturated rings. The highest BCUT2D eigenvalue weighted by molar-refractivity contribution is 5.82. The molecule has 0 radical (unpaired) electrons. The van der Waals surface area contributed by atoms with E-state index in [9.17, 15) is 14.7 Å². The molecular formula is C12H24N2O3. The van der Waals surface area contributed by atoms with Gasteiger partial charge in [-0.15, -0.1) is 0 Å². The van der Waals surface area contributed by atoms with E-state index >= 15 is 0 Å². The van der Waals surface area contributed by atoms with Gasteiger partial charge in [-0.3, -0.25) is 14.9 Å². The molecule has 0 heterocycles. The predicted octanol–water partition coefficient (Wildman–Crippen LogP) is 1.26. The van der Waals surface area contributed by atoms with E-state index in [0.717, 1.165) is 25.7 Å². The zero-order valence-corrected chi connectivity index (χ0v) is 11.0. The summed E-state index contributed by atoms with van der Waals surface area (Å²) in [6.45, 7) is 5.28. The van der Waals surface area contributed by atoms with Crippen molar-refractivity contribution < 1.29 is 14.7 Å². The van der Waals surface area contributed by atoms with Gasteiger partial charge in [0.1, 0.15) is 5.54 Å². The number of carbonyl (C=O) groups is 2. The molecule has 0 aromatic heterocycles. The molecule has 0 spiro atoms. The summed E-state index contributed by atoms with van der Waals surface area (Å²) in [5.41, 5.74) is 4.04. The van der Waals surface area contributed by atoms with Crippen LogP contribution in [0.3, 0.4) is 0 Å². The molecule has 2 unspecified atom stereocenters. The van der Waals surface area contributed by atoms with E-state index in [1.165, 1.54) is 0 Å². The van der Waals surface area contributed by atoms with Crippen molar-refractivity contribution in [3.8, 4) is 0 Å². The normalized spacial score (nSPS) is 16.2. The molecule has 17 heavy (non-hydrogen) atoms. The zero-order valence-electron chi connectivity index (χ0n) is 11.0. The molecule has 0 aliphatic heterocycles. The van der Waals surface area contributed by atoms with Gasteiger partial charge in [-0.1, -0.05) is 32.6 Å². The van der Waals surface area contributed by atoms with Crippen molar-refractivity contribution in [1.82, 2.24) is 5.32 Å². The first-order chi connectivity index (χ1) is 7.83. The maximum Gasteiger partial charge on any atom is 0.323 e. The summed E-state index contributed by atoms with van der Waals surface area (Å²) in [4.78, 5) is 22.2. The minimum atomic E-state index is -1.08. The number of carbonyl (C=O) groups excluding carboxylic acids is 1. The maximum atomic E-state index is 11.2. The summed E-state index contributed by atoms with van der Waals surface area (Å²) in [6, 6.07) is -0.637. The Morgan fingerprint density at radius 2 is 1.94 bits per heavy atom. The molecule has 0 saturated carbocycles. The molecule has 0 bridgehead atoms. The largest absolute Gasteiger partial charge is 0.480 e. The Kier molecular flexibility index (Phi) is 6.80. The Morgan fingerprint density at radius 3 is 2.35 bits per heavy atom. The van der Waals surface area contributed by atoms with E-state index in [1.807, 2.05) is 0 Å². The molecule has 1 amide bonds. The Labute approximate surface area is 103 Å². The Bertz CT molecular complexity index is 268. The molecule has 2 atom stereocenters. The monoisotopic (exact) mass is 244 g/mol. The topological polar surface area (TPSA) is 92.4 Å². The Hall–Kier alpha value is -1.10. The van der Waals surface area contributed by atoms with Crippen LogP contribution < -0.4 is 11.1 Å². The van der Waals surface area contributed by atoms with E-state index in [4.69, 9.17) is 5.73 Å². The zero-order chi connectivity index (χ0) is 13.5. The minimum absolute atomic E-state index is 0.500. The van der Waals surface area contributed by atoms with Crippen LogP contribution in [-0.2, 0) is 9.59 Å². The van der Waals surface area contributed by atoms with Crippen LogP contribution in [0.2, 0.25) is 0 Å². The first-order valence-electron chi connectivity index (χ1n) is 6.14. The fourth-order valence-corrected chi connectivity index (χ4v) is 1.70. The fourth-order valence-electron chi connectivity index (χ4n) is 1.70. The van der Waals surface area contributed by atoms with E-state index in [0.29, 0.717) is 6.42 Å². The fraction of sp³-hybridized carbons (Fsp3) is 0.833. The van der Waals surface area contributed by atoms with Crippen LogP contribution in [-0.4, -0.2) is 28.6 Å². The van der Waals surface area contributed by atoms with E-state index in [2.05, 4.69) is 12.2 Å². The number of carboxylic acids is 1.